The summed E-state index contributed by atoms with van der Waals surface area (Å²) in [6.45, 7) is 5.33. The molecule has 26 heavy (non-hydrogen) atoms. The number of nitrogens with zero attached hydrogens (tertiary/aromatic N) is 3. The molecular weight excluding hydrogens is 322 g/mol. The summed E-state index contributed by atoms with van der Waals surface area (Å²) in [4.78, 5) is 7.07. The minimum atomic E-state index is 0.913. The molecule has 0 saturated carbocycles. The van der Waals surface area contributed by atoms with E-state index < -0.39 is 0 Å². The van der Waals surface area contributed by atoms with Crippen molar-refractivity contribution in [2.24, 2.45) is 0 Å². The third-order valence-corrected chi connectivity index (χ3v) is 4.89. The molecule has 1 aliphatic rings. The molecule has 0 bridgehead atoms. The van der Waals surface area contributed by atoms with Crippen molar-refractivity contribution >= 4 is 17.5 Å². The first kappa shape index (κ1) is 18.3. The first-order valence-electron chi connectivity index (χ1n) is 9.21. The Morgan fingerprint density at radius 1 is 0.923 bits per heavy atom. The van der Waals surface area contributed by atoms with Crippen LogP contribution in [0.25, 0.3) is 6.08 Å². The molecule has 1 saturated heterocycles. The van der Waals surface area contributed by atoms with E-state index >= 15 is 0 Å². The van der Waals surface area contributed by atoms with E-state index in [1.807, 2.05) is 12.1 Å². The Bertz CT molecular complexity index is 699. The average Bonchev–Trinajstić information content (AvgIpc) is 2.69. The van der Waals surface area contributed by atoms with E-state index in [1.54, 1.807) is 7.11 Å². The molecule has 1 aliphatic heterocycles. The molecule has 0 atom stereocenters. The predicted octanol–water partition coefficient (Wildman–Crippen LogP) is 3.60. The van der Waals surface area contributed by atoms with Crippen LogP contribution in [0.2, 0.25) is 0 Å². The fourth-order valence-corrected chi connectivity index (χ4v) is 3.20. The summed E-state index contributed by atoms with van der Waals surface area (Å²) in [6, 6.07) is 17.0. The van der Waals surface area contributed by atoms with Gasteiger partial charge in [-0.2, -0.15) is 0 Å². The Morgan fingerprint density at radius 2 is 1.58 bits per heavy atom. The lowest BCUT2D eigenvalue weighted by Crippen LogP contribution is -2.46. The first-order chi connectivity index (χ1) is 12.7. The summed E-state index contributed by atoms with van der Waals surface area (Å²) in [6.07, 6.45) is 4.49. The van der Waals surface area contributed by atoms with Crippen LogP contribution in [0.5, 0.6) is 5.75 Å². The molecule has 0 aromatic heterocycles. The quantitative estimate of drug-likeness (QED) is 0.791. The maximum absolute atomic E-state index is 5.24. The van der Waals surface area contributed by atoms with E-state index in [2.05, 4.69) is 77.3 Å². The third kappa shape index (κ3) is 4.79. The van der Waals surface area contributed by atoms with E-state index in [1.165, 1.54) is 16.9 Å². The molecular formula is C22H29N3O. The molecule has 3 rings (SSSR count). The van der Waals surface area contributed by atoms with Crippen LogP contribution < -0.4 is 14.5 Å². The molecule has 0 N–H and O–H groups in total. The van der Waals surface area contributed by atoms with Gasteiger partial charge in [0.05, 0.1) is 7.11 Å². The monoisotopic (exact) mass is 351 g/mol. The van der Waals surface area contributed by atoms with Crippen LogP contribution in [-0.2, 0) is 0 Å². The Labute approximate surface area is 157 Å². The average molecular weight is 351 g/mol. The predicted molar refractivity (Wildman–Crippen MR) is 111 cm³/mol. The van der Waals surface area contributed by atoms with Gasteiger partial charge in [0, 0.05) is 58.2 Å². The van der Waals surface area contributed by atoms with Gasteiger partial charge in [-0.25, -0.2) is 0 Å². The molecule has 0 spiro atoms. The van der Waals surface area contributed by atoms with Gasteiger partial charge in [0.1, 0.15) is 5.75 Å². The van der Waals surface area contributed by atoms with Gasteiger partial charge < -0.3 is 14.5 Å². The third-order valence-electron chi connectivity index (χ3n) is 4.89. The van der Waals surface area contributed by atoms with Crippen LogP contribution in [0.15, 0.2) is 54.6 Å². The maximum Gasteiger partial charge on any atom is 0.119 e. The summed E-state index contributed by atoms with van der Waals surface area (Å²) >= 11 is 0. The Morgan fingerprint density at radius 3 is 2.15 bits per heavy atom. The zero-order valence-electron chi connectivity index (χ0n) is 16.1. The molecule has 0 radical (unpaired) electrons. The largest absolute Gasteiger partial charge is 0.497 e. The lowest BCUT2D eigenvalue weighted by molar-refractivity contribution is 0.284. The van der Waals surface area contributed by atoms with Crippen molar-refractivity contribution in [2.75, 3.05) is 63.7 Å². The molecule has 1 fully saturated rings. The molecule has 0 amide bonds. The van der Waals surface area contributed by atoms with Gasteiger partial charge in [0.2, 0.25) is 0 Å². The highest BCUT2D eigenvalue weighted by molar-refractivity contribution is 5.55. The van der Waals surface area contributed by atoms with Gasteiger partial charge in [0.15, 0.2) is 0 Å². The fourth-order valence-electron chi connectivity index (χ4n) is 3.20. The molecule has 4 heteroatoms. The minimum absolute atomic E-state index is 0.913. The highest BCUT2D eigenvalue weighted by Crippen LogP contribution is 2.20. The number of rotatable bonds is 6. The van der Waals surface area contributed by atoms with Gasteiger partial charge in [-0.15, -0.1) is 0 Å². The van der Waals surface area contributed by atoms with Gasteiger partial charge in [-0.3, -0.25) is 4.90 Å². The summed E-state index contributed by atoms with van der Waals surface area (Å²) < 4.78 is 5.24. The number of anilines is 2. The second kappa shape index (κ2) is 8.77. The Hall–Kier alpha value is -2.46. The second-order valence-electron chi connectivity index (χ2n) is 6.87. The number of hydrogen-bond acceptors (Lipinski definition) is 4. The number of hydrogen-bond donors (Lipinski definition) is 0. The number of ether oxygens (including phenoxy) is 1. The van der Waals surface area contributed by atoms with Crippen molar-refractivity contribution < 1.29 is 4.74 Å². The second-order valence-corrected chi connectivity index (χ2v) is 6.87. The molecule has 138 valence electrons. The zero-order valence-corrected chi connectivity index (χ0v) is 16.1. The molecule has 2 aromatic rings. The van der Waals surface area contributed by atoms with Crippen LogP contribution in [-0.4, -0.2) is 58.8 Å². The molecule has 1 heterocycles. The van der Waals surface area contributed by atoms with Gasteiger partial charge in [-0.05, 0) is 42.0 Å². The zero-order chi connectivity index (χ0) is 18.4. The van der Waals surface area contributed by atoms with E-state index in [0.29, 0.717) is 0 Å². The van der Waals surface area contributed by atoms with Crippen molar-refractivity contribution in [3.8, 4) is 5.75 Å². The van der Waals surface area contributed by atoms with Crippen molar-refractivity contribution in [2.45, 2.75) is 0 Å². The SMILES string of the molecule is COc1ccc(N2CCN(C/C=C/c3ccc(N(C)C)cc3)CC2)cc1. The normalized spacial score (nSPS) is 15.4. The Balaban J connectivity index is 1.46. The van der Waals surface area contributed by atoms with E-state index in [-0.39, 0.29) is 0 Å². The number of methoxy groups -OCH3 is 1. The van der Waals surface area contributed by atoms with E-state index in [0.717, 1.165) is 38.5 Å². The van der Waals surface area contributed by atoms with Gasteiger partial charge >= 0.3 is 0 Å². The Kier molecular flexibility index (Phi) is 6.18. The summed E-state index contributed by atoms with van der Waals surface area (Å²) in [5.41, 5.74) is 3.77. The van der Waals surface area contributed by atoms with E-state index in [9.17, 15) is 0 Å². The van der Waals surface area contributed by atoms with Crippen LogP contribution >= 0.6 is 0 Å². The smallest absolute Gasteiger partial charge is 0.119 e. The van der Waals surface area contributed by atoms with Crippen molar-refractivity contribution in [1.29, 1.82) is 0 Å². The highest BCUT2D eigenvalue weighted by Gasteiger charge is 2.16. The molecule has 0 unspecified atom stereocenters. The lowest BCUT2D eigenvalue weighted by atomic mass is 10.2. The lowest BCUT2D eigenvalue weighted by Gasteiger charge is -2.35. The summed E-state index contributed by atoms with van der Waals surface area (Å²) in [7, 11) is 5.84. The van der Waals surface area contributed by atoms with Crippen LogP contribution in [0, 0.1) is 0 Å². The van der Waals surface area contributed by atoms with Crippen molar-refractivity contribution in [3.05, 3.63) is 60.2 Å². The van der Waals surface area contributed by atoms with Crippen molar-refractivity contribution in [3.63, 3.8) is 0 Å². The summed E-state index contributed by atoms with van der Waals surface area (Å²) in [5.74, 6) is 0.913. The van der Waals surface area contributed by atoms with Gasteiger partial charge in [-0.1, -0.05) is 24.3 Å². The van der Waals surface area contributed by atoms with Crippen molar-refractivity contribution in [1.82, 2.24) is 4.90 Å². The topological polar surface area (TPSA) is 19.0 Å². The number of piperazine rings is 1. The number of benzene rings is 2. The van der Waals surface area contributed by atoms with Crippen LogP contribution in [0.1, 0.15) is 5.56 Å². The summed E-state index contributed by atoms with van der Waals surface area (Å²) in [5, 5.41) is 0. The van der Waals surface area contributed by atoms with Crippen LogP contribution in [0.4, 0.5) is 11.4 Å². The first-order valence-corrected chi connectivity index (χ1v) is 9.21. The fraction of sp³-hybridized carbons (Fsp3) is 0.364. The molecule has 2 aromatic carbocycles. The highest BCUT2D eigenvalue weighted by atomic mass is 16.5. The van der Waals surface area contributed by atoms with Gasteiger partial charge in [0.25, 0.3) is 0 Å². The van der Waals surface area contributed by atoms with Crippen LogP contribution in [0.3, 0.4) is 0 Å². The van der Waals surface area contributed by atoms with E-state index in [4.69, 9.17) is 4.74 Å². The minimum Gasteiger partial charge on any atom is -0.497 e. The molecule has 0 aliphatic carbocycles. The maximum atomic E-state index is 5.24. The molecule has 4 nitrogen and oxygen atoms in total. The standard InChI is InChI=1S/C22H29N3O/c1-23(2)20-8-6-19(7-9-20)5-4-14-24-15-17-25(18-16-24)21-10-12-22(26-3)13-11-21/h4-13H,14-18H2,1-3H3/b5-4+.